The van der Waals surface area contributed by atoms with Crippen molar-refractivity contribution in [1.82, 2.24) is 4.98 Å². The van der Waals surface area contributed by atoms with E-state index in [1.165, 1.54) is 18.3 Å². The second-order valence-corrected chi connectivity index (χ2v) is 6.65. The summed E-state index contributed by atoms with van der Waals surface area (Å²) in [6.07, 6.45) is -2.98. The monoisotopic (exact) mass is 397 g/mol. The SMILES string of the molecule is Cc1ccnc(N2CCC(O)(c3cccc(OC(F)(F)F)c3)CC2)c1[N+](=O)[O-]. The molecule has 1 aromatic carbocycles. The summed E-state index contributed by atoms with van der Waals surface area (Å²) in [6.45, 7) is 2.14. The maximum Gasteiger partial charge on any atom is 0.573 e. The van der Waals surface area contributed by atoms with Gasteiger partial charge in [0.15, 0.2) is 0 Å². The number of benzene rings is 1. The maximum absolute atomic E-state index is 12.4. The van der Waals surface area contributed by atoms with E-state index < -0.39 is 22.6 Å². The van der Waals surface area contributed by atoms with Crippen LogP contribution < -0.4 is 9.64 Å². The van der Waals surface area contributed by atoms with Gasteiger partial charge in [-0.1, -0.05) is 12.1 Å². The fourth-order valence-electron chi connectivity index (χ4n) is 3.35. The number of nitrogens with zero attached hydrogens (tertiary/aromatic N) is 3. The molecule has 0 aliphatic carbocycles. The first-order valence-electron chi connectivity index (χ1n) is 8.53. The van der Waals surface area contributed by atoms with Crippen LogP contribution in [0.4, 0.5) is 24.7 Å². The molecule has 3 rings (SSSR count). The fourth-order valence-corrected chi connectivity index (χ4v) is 3.35. The van der Waals surface area contributed by atoms with Gasteiger partial charge < -0.3 is 14.7 Å². The number of hydrogen-bond donors (Lipinski definition) is 1. The number of rotatable bonds is 4. The number of piperidine rings is 1. The van der Waals surface area contributed by atoms with E-state index in [-0.39, 0.29) is 37.4 Å². The van der Waals surface area contributed by atoms with Crippen molar-refractivity contribution < 1.29 is 27.9 Å². The van der Waals surface area contributed by atoms with Crippen molar-refractivity contribution in [2.75, 3.05) is 18.0 Å². The van der Waals surface area contributed by atoms with Crippen molar-refractivity contribution >= 4 is 11.5 Å². The second-order valence-electron chi connectivity index (χ2n) is 6.65. The first kappa shape index (κ1) is 19.9. The zero-order valence-electron chi connectivity index (χ0n) is 14.9. The van der Waals surface area contributed by atoms with Gasteiger partial charge in [-0.15, -0.1) is 13.2 Å². The number of aryl methyl sites for hydroxylation is 1. The van der Waals surface area contributed by atoms with E-state index in [2.05, 4.69) is 9.72 Å². The van der Waals surface area contributed by atoms with Crippen LogP contribution in [0.25, 0.3) is 0 Å². The van der Waals surface area contributed by atoms with Gasteiger partial charge in [-0.05, 0) is 43.5 Å². The summed E-state index contributed by atoms with van der Waals surface area (Å²) in [6, 6.07) is 6.79. The molecule has 0 unspecified atom stereocenters. The molecule has 0 atom stereocenters. The molecule has 7 nitrogen and oxygen atoms in total. The van der Waals surface area contributed by atoms with Crippen LogP contribution >= 0.6 is 0 Å². The van der Waals surface area contributed by atoms with E-state index in [9.17, 15) is 28.4 Å². The number of hydrogen-bond acceptors (Lipinski definition) is 6. The third-order valence-electron chi connectivity index (χ3n) is 4.78. The van der Waals surface area contributed by atoms with E-state index in [4.69, 9.17) is 0 Å². The standard InChI is InChI=1S/C18H18F3N3O4/c1-12-5-8-22-16(15(12)24(26)27)23-9-6-17(25,7-10-23)13-3-2-4-14(11-13)28-18(19,20)21/h2-5,8,11,25H,6-7,9-10H2,1H3. The predicted octanol–water partition coefficient (Wildman–Crippen LogP) is 3.68. The molecule has 150 valence electrons. The van der Waals surface area contributed by atoms with E-state index in [1.807, 2.05) is 0 Å². The molecule has 0 radical (unpaired) electrons. The molecule has 28 heavy (non-hydrogen) atoms. The lowest BCUT2D eigenvalue weighted by molar-refractivity contribution is -0.384. The topological polar surface area (TPSA) is 88.7 Å². The summed E-state index contributed by atoms with van der Waals surface area (Å²) in [7, 11) is 0. The van der Waals surface area contributed by atoms with Gasteiger partial charge in [0.05, 0.1) is 10.5 Å². The van der Waals surface area contributed by atoms with Crippen LogP contribution in [0.2, 0.25) is 0 Å². The first-order valence-corrected chi connectivity index (χ1v) is 8.53. The van der Waals surface area contributed by atoms with Gasteiger partial charge in [0.2, 0.25) is 5.82 Å². The number of aromatic nitrogens is 1. The van der Waals surface area contributed by atoms with E-state index in [0.29, 0.717) is 11.1 Å². The summed E-state index contributed by atoms with van der Waals surface area (Å²) in [4.78, 5) is 16.7. The van der Waals surface area contributed by atoms with Gasteiger partial charge >= 0.3 is 12.0 Å². The normalized spacial score (nSPS) is 16.7. The third kappa shape index (κ3) is 4.16. The molecule has 1 aliphatic heterocycles. The first-order chi connectivity index (χ1) is 13.1. The minimum atomic E-state index is -4.82. The van der Waals surface area contributed by atoms with Crippen molar-refractivity contribution in [3.63, 3.8) is 0 Å². The van der Waals surface area contributed by atoms with Crippen LogP contribution in [0.3, 0.4) is 0 Å². The lowest BCUT2D eigenvalue weighted by Gasteiger charge is -2.39. The molecule has 10 heteroatoms. The number of pyridine rings is 1. The molecule has 0 spiro atoms. The summed E-state index contributed by atoms with van der Waals surface area (Å²) in [5.41, 5.74) is -0.665. The molecule has 0 amide bonds. The van der Waals surface area contributed by atoms with Crippen LogP contribution in [0.1, 0.15) is 24.0 Å². The van der Waals surface area contributed by atoms with Gasteiger partial charge in [0.25, 0.3) is 0 Å². The molecule has 1 fully saturated rings. The van der Waals surface area contributed by atoms with Gasteiger partial charge in [-0.2, -0.15) is 0 Å². The molecular formula is C18H18F3N3O4. The van der Waals surface area contributed by atoms with Crippen LogP contribution in [0.5, 0.6) is 5.75 Å². The van der Waals surface area contributed by atoms with Crippen molar-refractivity contribution in [2.45, 2.75) is 31.7 Å². The molecule has 0 saturated carbocycles. The molecule has 2 aromatic rings. The maximum atomic E-state index is 12.4. The zero-order chi connectivity index (χ0) is 20.5. The average Bonchev–Trinajstić information content (AvgIpc) is 2.60. The van der Waals surface area contributed by atoms with Gasteiger partial charge in [-0.25, -0.2) is 4.98 Å². The number of nitro groups is 1. The Bertz CT molecular complexity index is 881. The molecule has 0 bridgehead atoms. The highest BCUT2D eigenvalue weighted by atomic mass is 19.4. The zero-order valence-corrected chi connectivity index (χ0v) is 14.9. The minimum absolute atomic E-state index is 0.0893. The highest BCUT2D eigenvalue weighted by Crippen LogP contribution is 2.38. The Morgan fingerprint density at radius 1 is 1.29 bits per heavy atom. The van der Waals surface area contributed by atoms with Crippen molar-refractivity contribution in [3.05, 3.63) is 57.8 Å². The largest absolute Gasteiger partial charge is 0.573 e. The van der Waals surface area contributed by atoms with E-state index >= 15 is 0 Å². The molecular weight excluding hydrogens is 379 g/mol. The Morgan fingerprint density at radius 2 is 1.96 bits per heavy atom. The smallest absolute Gasteiger partial charge is 0.406 e. The number of alkyl halides is 3. The third-order valence-corrected chi connectivity index (χ3v) is 4.78. The fraction of sp³-hybridized carbons (Fsp3) is 0.389. The van der Waals surface area contributed by atoms with Crippen molar-refractivity contribution in [3.8, 4) is 5.75 Å². The number of ether oxygens (including phenoxy) is 1. The summed E-state index contributed by atoms with van der Waals surface area (Å²) >= 11 is 0. The summed E-state index contributed by atoms with van der Waals surface area (Å²) in [5, 5.41) is 22.3. The highest BCUT2D eigenvalue weighted by Gasteiger charge is 2.37. The number of anilines is 1. The lowest BCUT2D eigenvalue weighted by Crippen LogP contribution is -2.43. The average molecular weight is 397 g/mol. The van der Waals surface area contributed by atoms with E-state index in [0.717, 1.165) is 12.1 Å². The van der Waals surface area contributed by atoms with Crippen LogP contribution in [-0.2, 0) is 5.60 Å². The van der Waals surface area contributed by atoms with Gasteiger partial charge in [0.1, 0.15) is 5.75 Å². The van der Waals surface area contributed by atoms with Crippen LogP contribution in [0.15, 0.2) is 36.5 Å². The summed E-state index contributed by atoms with van der Waals surface area (Å²) < 4.78 is 41.2. The Hall–Kier alpha value is -2.88. The Morgan fingerprint density at radius 3 is 2.57 bits per heavy atom. The molecule has 1 saturated heterocycles. The molecule has 1 N–H and O–H groups in total. The van der Waals surface area contributed by atoms with Crippen molar-refractivity contribution in [1.29, 1.82) is 0 Å². The molecule has 1 aromatic heterocycles. The van der Waals surface area contributed by atoms with E-state index in [1.54, 1.807) is 17.9 Å². The quantitative estimate of drug-likeness (QED) is 0.625. The Kier molecular flexibility index (Phi) is 5.16. The minimum Gasteiger partial charge on any atom is -0.406 e. The van der Waals surface area contributed by atoms with Crippen LogP contribution in [0, 0.1) is 17.0 Å². The Balaban J connectivity index is 1.79. The molecule has 1 aliphatic rings. The predicted molar refractivity (Wildman–Crippen MR) is 94.1 cm³/mol. The lowest BCUT2D eigenvalue weighted by atomic mass is 9.84. The number of halogens is 3. The second kappa shape index (κ2) is 7.27. The number of aliphatic hydroxyl groups is 1. The van der Waals surface area contributed by atoms with Gasteiger partial charge in [-0.3, -0.25) is 10.1 Å². The van der Waals surface area contributed by atoms with Crippen LogP contribution in [-0.4, -0.2) is 34.5 Å². The van der Waals surface area contributed by atoms with Gasteiger partial charge in [0, 0.05) is 24.8 Å². The molecule has 2 heterocycles. The highest BCUT2D eigenvalue weighted by molar-refractivity contribution is 5.61. The summed E-state index contributed by atoms with van der Waals surface area (Å²) in [5.74, 6) is -0.182. The Labute approximate surface area is 158 Å². The van der Waals surface area contributed by atoms with Crippen molar-refractivity contribution in [2.24, 2.45) is 0 Å².